The molecular formula is C23H19N3O6S. The summed E-state index contributed by atoms with van der Waals surface area (Å²) in [6, 6.07) is 15.8. The first kappa shape index (κ1) is 20.8. The maximum Gasteiger partial charge on any atom is 0.261 e. The maximum atomic E-state index is 13.1. The van der Waals surface area contributed by atoms with Gasteiger partial charge in [0.1, 0.15) is 0 Å². The molecule has 3 aromatic rings. The molecule has 10 heteroatoms. The van der Waals surface area contributed by atoms with Crippen LogP contribution in [0.4, 0.5) is 17.1 Å². The van der Waals surface area contributed by atoms with Crippen molar-refractivity contribution in [2.45, 2.75) is 17.7 Å². The van der Waals surface area contributed by atoms with Crippen molar-refractivity contribution in [1.29, 1.82) is 0 Å². The van der Waals surface area contributed by atoms with Crippen molar-refractivity contribution in [1.82, 2.24) is 0 Å². The molecule has 33 heavy (non-hydrogen) atoms. The minimum Gasteiger partial charge on any atom is -0.454 e. The molecule has 168 valence electrons. The number of anilines is 3. The monoisotopic (exact) mass is 465 g/mol. The fourth-order valence-corrected chi connectivity index (χ4v) is 4.80. The van der Waals surface area contributed by atoms with E-state index in [2.05, 4.69) is 15.4 Å². The lowest BCUT2D eigenvalue weighted by Crippen LogP contribution is -2.21. The maximum absolute atomic E-state index is 13.1. The van der Waals surface area contributed by atoms with E-state index in [4.69, 9.17) is 9.47 Å². The fourth-order valence-electron chi connectivity index (χ4n) is 3.67. The number of rotatable bonds is 5. The predicted octanol–water partition coefficient (Wildman–Crippen LogP) is 3.35. The third-order valence-electron chi connectivity index (χ3n) is 5.33. The molecule has 0 saturated heterocycles. The summed E-state index contributed by atoms with van der Waals surface area (Å²) in [5.74, 6) is 0.523. The molecule has 0 bridgehead atoms. The van der Waals surface area contributed by atoms with Gasteiger partial charge in [-0.1, -0.05) is 12.1 Å². The molecule has 0 aromatic heterocycles. The number of carbonyl (C=O) groups excluding carboxylic acids is 2. The van der Waals surface area contributed by atoms with Crippen LogP contribution in [-0.4, -0.2) is 27.0 Å². The number of hydrogen-bond acceptors (Lipinski definition) is 6. The van der Waals surface area contributed by atoms with Gasteiger partial charge in [-0.2, -0.15) is 0 Å². The summed E-state index contributed by atoms with van der Waals surface area (Å²) < 4.78 is 39.2. The molecule has 9 nitrogen and oxygen atoms in total. The summed E-state index contributed by atoms with van der Waals surface area (Å²) in [5.41, 5.74) is 2.13. The number of ether oxygens (including phenoxy) is 2. The van der Waals surface area contributed by atoms with E-state index in [1.54, 1.807) is 36.4 Å². The first-order valence-electron chi connectivity index (χ1n) is 10.1. The number of carbonyl (C=O) groups is 2. The quantitative estimate of drug-likeness (QED) is 0.531. The molecule has 0 atom stereocenters. The number of nitrogens with one attached hydrogen (secondary N) is 3. The van der Waals surface area contributed by atoms with Crippen molar-refractivity contribution in [2.24, 2.45) is 0 Å². The average Bonchev–Trinajstić information content (AvgIpc) is 3.26. The normalized spacial score (nSPS) is 14.2. The van der Waals surface area contributed by atoms with Crippen LogP contribution >= 0.6 is 0 Å². The number of para-hydroxylation sites is 1. The molecular weight excluding hydrogens is 446 g/mol. The molecule has 0 saturated carbocycles. The van der Waals surface area contributed by atoms with Gasteiger partial charge < -0.3 is 20.1 Å². The summed E-state index contributed by atoms with van der Waals surface area (Å²) in [5, 5.41) is 5.48. The van der Waals surface area contributed by atoms with Gasteiger partial charge in [-0.05, 0) is 54.4 Å². The van der Waals surface area contributed by atoms with E-state index < -0.39 is 15.9 Å². The minimum absolute atomic E-state index is 0.0448. The number of amides is 2. The Balaban J connectivity index is 1.38. The molecule has 0 radical (unpaired) electrons. The lowest BCUT2D eigenvalue weighted by Gasteiger charge is -2.18. The summed E-state index contributed by atoms with van der Waals surface area (Å²) in [4.78, 5) is 24.5. The topological polar surface area (TPSA) is 123 Å². The van der Waals surface area contributed by atoms with Crippen LogP contribution in [0.2, 0.25) is 0 Å². The van der Waals surface area contributed by atoms with Crippen LogP contribution in [0.1, 0.15) is 22.3 Å². The van der Waals surface area contributed by atoms with E-state index in [9.17, 15) is 18.0 Å². The van der Waals surface area contributed by atoms with Crippen molar-refractivity contribution in [3.8, 4) is 11.5 Å². The highest BCUT2D eigenvalue weighted by Gasteiger charge is 2.22. The van der Waals surface area contributed by atoms with Crippen molar-refractivity contribution < 1.29 is 27.5 Å². The Hall–Kier alpha value is -4.05. The van der Waals surface area contributed by atoms with E-state index in [-0.39, 0.29) is 28.8 Å². The van der Waals surface area contributed by atoms with Gasteiger partial charge >= 0.3 is 0 Å². The van der Waals surface area contributed by atoms with E-state index in [1.165, 1.54) is 24.3 Å². The standard InChI is InChI=1S/C23H19N3O6S/c27-22-10-5-14-11-16(7-8-18(14)25-22)33(29,30)26-19-4-2-1-3-17(19)23(28)24-15-6-9-20-21(12-15)32-13-31-20/h1-4,6-9,11-12,26H,5,10,13H2,(H,24,28)(H,25,27). The van der Waals surface area contributed by atoms with Crippen LogP contribution in [0.3, 0.4) is 0 Å². The average molecular weight is 465 g/mol. The SMILES string of the molecule is O=C1CCc2cc(S(=O)(=O)Nc3ccccc3C(=O)Nc3ccc4c(c3)OCO4)ccc2N1. The van der Waals surface area contributed by atoms with Gasteiger partial charge in [0.05, 0.1) is 16.1 Å². The molecule has 0 fully saturated rings. The molecule has 5 rings (SSSR count). The Labute approximate surface area is 189 Å². The number of aryl methyl sites for hydroxylation is 1. The van der Waals surface area contributed by atoms with Crippen LogP contribution in [-0.2, 0) is 21.2 Å². The molecule has 3 N–H and O–H groups in total. The van der Waals surface area contributed by atoms with Crippen molar-refractivity contribution in [2.75, 3.05) is 22.1 Å². The third kappa shape index (κ3) is 4.20. The second-order valence-electron chi connectivity index (χ2n) is 7.54. The first-order chi connectivity index (χ1) is 15.9. The Kier molecular flexibility index (Phi) is 5.14. The van der Waals surface area contributed by atoms with Gasteiger partial charge in [0.2, 0.25) is 12.7 Å². The molecule has 2 amide bonds. The summed E-state index contributed by atoms with van der Waals surface area (Å²) in [7, 11) is -3.98. The van der Waals surface area contributed by atoms with Crippen LogP contribution in [0.25, 0.3) is 0 Å². The Morgan fingerprint density at radius 2 is 1.76 bits per heavy atom. The minimum atomic E-state index is -3.98. The van der Waals surface area contributed by atoms with Crippen molar-refractivity contribution in [3.63, 3.8) is 0 Å². The van der Waals surface area contributed by atoms with E-state index in [0.29, 0.717) is 35.7 Å². The second-order valence-corrected chi connectivity index (χ2v) is 9.22. The number of benzene rings is 3. The third-order valence-corrected chi connectivity index (χ3v) is 6.69. The zero-order chi connectivity index (χ0) is 23.0. The van der Waals surface area contributed by atoms with Crippen molar-refractivity contribution in [3.05, 3.63) is 71.8 Å². The predicted molar refractivity (Wildman–Crippen MR) is 121 cm³/mol. The molecule has 0 spiro atoms. The number of fused-ring (bicyclic) bond motifs is 2. The van der Waals surface area contributed by atoms with Gasteiger partial charge in [-0.3, -0.25) is 14.3 Å². The Morgan fingerprint density at radius 3 is 2.64 bits per heavy atom. The highest BCUT2D eigenvalue weighted by Crippen LogP contribution is 2.34. The molecule has 2 aliphatic rings. The zero-order valence-electron chi connectivity index (χ0n) is 17.3. The first-order valence-corrected chi connectivity index (χ1v) is 11.6. The van der Waals surface area contributed by atoms with Crippen LogP contribution in [0.5, 0.6) is 11.5 Å². The van der Waals surface area contributed by atoms with Crippen LogP contribution in [0.15, 0.2) is 65.6 Å². The van der Waals surface area contributed by atoms with Gasteiger partial charge in [-0.25, -0.2) is 8.42 Å². The summed E-state index contributed by atoms with van der Waals surface area (Å²) >= 11 is 0. The van der Waals surface area contributed by atoms with Gasteiger partial charge in [0.25, 0.3) is 15.9 Å². The molecule has 3 aromatic carbocycles. The van der Waals surface area contributed by atoms with E-state index in [1.807, 2.05) is 0 Å². The zero-order valence-corrected chi connectivity index (χ0v) is 18.1. The van der Waals surface area contributed by atoms with Gasteiger partial charge in [-0.15, -0.1) is 0 Å². The van der Waals surface area contributed by atoms with Crippen molar-refractivity contribution >= 4 is 38.9 Å². The van der Waals surface area contributed by atoms with E-state index >= 15 is 0 Å². The van der Waals surface area contributed by atoms with Gasteiger partial charge in [0.15, 0.2) is 11.5 Å². The lowest BCUT2D eigenvalue weighted by molar-refractivity contribution is -0.116. The Bertz CT molecular complexity index is 1390. The second kappa shape index (κ2) is 8.14. The summed E-state index contributed by atoms with van der Waals surface area (Å²) in [6.07, 6.45) is 0.756. The van der Waals surface area contributed by atoms with Crippen LogP contribution < -0.4 is 24.8 Å². The van der Waals surface area contributed by atoms with Gasteiger partial charge in [0, 0.05) is 23.9 Å². The molecule has 2 aliphatic heterocycles. The largest absolute Gasteiger partial charge is 0.454 e. The summed E-state index contributed by atoms with van der Waals surface area (Å²) in [6.45, 7) is 0.117. The van der Waals surface area contributed by atoms with Crippen LogP contribution in [0, 0.1) is 0 Å². The smallest absolute Gasteiger partial charge is 0.261 e. The number of sulfonamides is 1. The fraction of sp³-hybridized carbons (Fsp3) is 0.130. The Morgan fingerprint density at radius 1 is 0.939 bits per heavy atom. The highest BCUT2D eigenvalue weighted by atomic mass is 32.2. The lowest BCUT2D eigenvalue weighted by atomic mass is 10.0. The number of hydrogen-bond donors (Lipinski definition) is 3. The molecule has 0 unspecified atom stereocenters. The molecule has 0 aliphatic carbocycles. The van der Waals surface area contributed by atoms with E-state index in [0.717, 1.165) is 5.56 Å². The molecule has 2 heterocycles. The highest BCUT2D eigenvalue weighted by molar-refractivity contribution is 7.92.